The molecule has 5 nitrogen and oxygen atoms in total. The second kappa shape index (κ2) is 7.68. The van der Waals surface area contributed by atoms with Gasteiger partial charge >= 0.3 is 5.97 Å². The molecule has 1 fully saturated rings. The lowest BCUT2D eigenvalue weighted by Crippen LogP contribution is -2.50. The minimum atomic E-state index is -1.73. The summed E-state index contributed by atoms with van der Waals surface area (Å²) in [6.07, 6.45) is 0.324. The van der Waals surface area contributed by atoms with Crippen molar-refractivity contribution >= 4 is 40.8 Å². The first kappa shape index (κ1) is 23.0. The second-order valence-corrected chi connectivity index (χ2v) is 10.4. The average Bonchev–Trinajstić information content (AvgIpc) is 3.13. The van der Waals surface area contributed by atoms with Gasteiger partial charge in [0.25, 0.3) is 0 Å². The Kier molecular flexibility index (Phi) is 5.51. The number of aliphatic carboxylic acids is 1. The van der Waals surface area contributed by atoms with Crippen LogP contribution in [0.5, 0.6) is 0 Å². The van der Waals surface area contributed by atoms with Crippen molar-refractivity contribution in [1.29, 1.82) is 0 Å². The first-order valence-corrected chi connectivity index (χ1v) is 10.9. The fourth-order valence-electron chi connectivity index (χ4n) is 5.22. The summed E-state index contributed by atoms with van der Waals surface area (Å²) in [6.45, 7) is 5.78. The SMILES string of the molecule is CC(C)(C)C[C@H]1N[C@H](C(=O)O)[C@H](c2cccc(Cl)c2F)C12C(=O)Nc1cc(Cl)cc(F)c12. The summed E-state index contributed by atoms with van der Waals surface area (Å²) in [4.78, 5) is 26.0. The molecular weight excluding hydrogens is 461 g/mol. The number of nitrogens with one attached hydrogen (secondary N) is 2. The van der Waals surface area contributed by atoms with Gasteiger partial charge < -0.3 is 10.4 Å². The summed E-state index contributed by atoms with van der Waals surface area (Å²) in [5.41, 5.74) is -2.01. The molecule has 0 aromatic heterocycles. The van der Waals surface area contributed by atoms with E-state index in [4.69, 9.17) is 23.2 Å². The number of rotatable bonds is 3. The highest BCUT2D eigenvalue weighted by molar-refractivity contribution is 6.31. The molecule has 170 valence electrons. The molecule has 0 radical (unpaired) electrons. The lowest BCUT2D eigenvalue weighted by atomic mass is 9.62. The Morgan fingerprint density at radius 3 is 2.53 bits per heavy atom. The van der Waals surface area contributed by atoms with Gasteiger partial charge in [0.2, 0.25) is 5.91 Å². The smallest absolute Gasteiger partial charge is 0.321 e. The van der Waals surface area contributed by atoms with Crippen LogP contribution < -0.4 is 10.6 Å². The molecule has 9 heteroatoms. The molecule has 32 heavy (non-hydrogen) atoms. The Labute approximate surface area is 194 Å². The number of hydrogen-bond donors (Lipinski definition) is 3. The standard InChI is InChI=1S/C23H22Cl2F2N2O3/c1-22(2,3)9-15-23(17-13(26)7-10(24)8-14(17)28-21(23)32)16(19(29-15)20(30)31)11-5-4-6-12(25)18(11)27/h4-8,15-16,19,29H,9H2,1-3H3,(H,28,32)(H,30,31)/t15-,16+,19+,23?/m1/s1. The van der Waals surface area contributed by atoms with E-state index in [2.05, 4.69) is 10.6 Å². The van der Waals surface area contributed by atoms with E-state index in [9.17, 15) is 14.7 Å². The van der Waals surface area contributed by atoms with Crippen molar-refractivity contribution in [2.45, 2.75) is 50.6 Å². The zero-order valence-corrected chi connectivity index (χ0v) is 19.1. The summed E-state index contributed by atoms with van der Waals surface area (Å²) in [6, 6.07) is 4.54. The number of carboxylic acids is 1. The van der Waals surface area contributed by atoms with Gasteiger partial charge in [-0.15, -0.1) is 0 Å². The molecule has 2 heterocycles. The fourth-order valence-corrected chi connectivity index (χ4v) is 5.60. The van der Waals surface area contributed by atoms with Gasteiger partial charge in [-0.25, -0.2) is 8.78 Å². The van der Waals surface area contributed by atoms with Crippen LogP contribution in [-0.4, -0.2) is 29.1 Å². The number of amides is 1. The van der Waals surface area contributed by atoms with Crippen molar-refractivity contribution < 1.29 is 23.5 Å². The predicted octanol–water partition coefficient (Wildman–Crippen LogP) is 5.11. The highest BCUT2D eigenvalue weighted by atomic mass is 35.5. The Bertz CT molecular complexity index is 1130. The van der Waals surface area contributed by atoms with Gasteiger partial charge in [0.05, 0.1) is 5.02 Å². The summed E-state index contributed by atoms with van der Waals surface area (Å²) < 4.78 is 30.7. The van der Waals surface area contributed by atoms with E-state index in [1.807, 2.05) is 20.8 Å². The van der Waals surface area contributed by atoms with Crippen molar-refractivity contribution in [2.75, 3.05) is 5.32 Å². The van der Waals surface area contributed by atoms with E-state index >= 15 is 8.78 Å². The maximum absolute atomic E-state index is 15.5. The van der Waals surface area contributed by atoms with Crippen molar-refractivity contribution in [3.63, 3.8) is 0 Å². The number of halogens is 4. The lowest BCUT2D eigenvalue weighted by Gasteiger charge is -2.37. The van der Waals surface area contributed by atoms with E-state index in [0.29, 0.717) is 6.42 Å². The van der Waals surface area contributed by atoms with Crippen LogP contribution in [0.25, 0.3) is 0 Å². The molecule has 1 spiro atoms. The van der Waals surface area contributed by atoms with Crippen LogP contribution in [-0.2, 0) is 15.0 Å². The Morgan fingerprint density at radius 2 is 1.91 bits per heavy atom. The molecule has 2 aliphatic rings. The number of carbonyl (C=O) groups excluding carboxylic acids is 1. The second-order valence-electron chi connectivity index (χ2n) is 9.55. The van der Waals surface area contributed by atoms with Crippen LogP contribution in [0.3, 0.4) is 0 Å². The number of benzene rings is 2. The molecular formula is C23H22Cl2F2N2O3. The van der Waals surface area contributed by atoms with Gasteiger partial charge in [-0.2, -0.15) is 0 Å². The third kappa shape index (κ3) is 3.38. The highest BCUT2D eigenvalue weighted by Gasteiger charge is 2.67. The summed E-state index contributed by atoms with van der Waals surface area (Å²) in [5.74, 6) is -4.74. The van der Waals surface area contributed by atoms with Crippen LogP contribution in [0.15, 0.2) is 30.3 Å². The Balaban J connectivity index is 2.08. The van der Waals surface area contributed by atoms with E-state index in [1.54, 1.807) is 0 Å². The highest BCUT2D eigenvalue weighted by Crippen LogP contribution is 2.57. The quantitative estimate of drug-likeness (QED) is 0.568. The molecule has 0 bridgehead atoms. The van der Waals surface area contributed by atoms with Crippen molar-refractivity contribution in [2.24, 2.45) is 5.41 Å². The molecule has 4 atom stereocenters. The number of carbonyl (C=O) groups is 2. The van der Waals surface area contributed by atoms with Crippen LogP contribution >= 0.6 is 23.2 Å². The van der Waals surface area contributed by atoms with Gasteiger partial charge in [-0.1, -0.05) is 56.1 Å². The topological polar surface area (TPSA) is 78.4 Å². The summed E-state index contributed by atoms with van der Waals surface area (Å²) in [5, 5.41) is 15.6. The van der Waals surface area contributed by atoms with Gasteiger partial charge in [-0.3, -0.25) is 14.9 Å². The van der Waals surface area contributed by atoms with Crippen LogP contribution in [0.1, 0.15) is 44.2 Å². The predicted molar refractivity (Wildman–Crippen MR) is 118 cm³/mol. The molecule has 4 rings (SSSR count). The summed E-state index contributed by atoms with van der Waals surface area (Å²) in [7, 11) is 0. The lowest BCUT2D eigenvalue weighted by molar-refractivity contribution is -0.139. The van der Waals surface area contributed by atoms with Gasteiger partial charge in [0.15, 0.2) is 0 Å². The maximum Gasteiger partial charge on any atom is 0.321 e. The number of fused-ring (bicyclic) bond motifs is 2. The molecule has 2 aromatic rings. The summed E-state index contributed by atoms with van der Waals surface area (Å²) >= 11 is 12.0. The van der Waals surface area contributed by atoms with E-state index in [-0.39, 0.29) is 32.3 Å². The van der Waals surface area contributed by atoms with E-state index in [1.165, 1.54) is 24.3 Å². The van der Waals surface area contributed by atoms with Crippen LogP contribution in [0, 0.1) is 17.0 Å². The van der Waals surface area contributed by atoms with Gasteiger partial charge in [-0.05, 0) is 35.6 Å². The molecule has 0 saturated carbocycles. The van der Waals surface area contributed by atoms with Crippen LogP contribution in [0.4, 0.5) is 14.5 Å². The molecule has 1 amide bonds. The zero-order valence-electron chi connectivity index (χ0n) is 17.6. The average molecular weight is 483 g/mol. The normalized spacial score (nSPS) is 27.0. The molecule has 1 saturated heterocycles. The fraction of sp³-hybridized carbons (Fsp3) is 0.391. The van der Waals surface area contributed by atoms with Crippen molar-refractivity contribution in [1.82, 2.24) is 5.32 Å². The first-order valence-electron chi connectivity index (χ1n) is 10.1. The number of anilines is 1. The van der Waals surface area contributed by atoms with Crippen molar-refractivity contribution in [3.8, 4) is 0 Å². The Hall–Kier alpha value is -2.22. The zero-order chi connectivity index (χ0) is 23.6. The third-order valence-corrected chi connectivity index (χ3v) is 6.76. The van der Waals surface area contributed by atoms with Crippen molar-refractivity contribution in [3.05, 3.63) is 63.1 Å². The van der Waals surface area contributed by atoms with E-state index in [0.717, 1.165) is 6.07 Å². The molecule has 3 N–H and O–H groups in total. The molecule has 2 aromatic carbocycles. The first-order chi connectivity index (χ1) is 14.9. The van der Waals surface area contributed by atoms with Gasteiger partial charge in [0.1, 0.15) is 23.1 Å². The molecule has 1 unspecified atom stereocenters. The Morgan fingerprint density at radius 1 is 1.22 bits per heavy atom. The largest absolute Gasteiger partial charge is 0.480 e. The minimum Gasteiger partial charge on any atom is -0.480 e. The van der Waals surface area contributed by atoms with Crippen LogP contribution in [0.2, 0.25) is 10.0 Å². The third-order valence-electron chi connectivity index (χ3n) is 6.25. The maximum atomic E-state index is 15.5. The molecule has 0 aliphatic carbocycles. The minimum absolute atomic E-state index is 0.0122. The number of carboxylic acid groups (broad SMARTS) is 1. The molecule has 2 aliphatic heterocycles. The number of hydrogen-bond acceptors (Lipinski definition) is 3. The van der Waals surface area contributed by atoms with E-state index < -0.39 is 46.9 Å². The monoisotopic (exact) mass is 482 g/mol. The van der Waals surface area contributed by atoms with Gasteiger partial charge in [0, 0.05) is 28.2 Å².